The summed E-state index contributed by atoms with van der Waals surface area (Å²) >= 11 is 0. The fourth-order valence-electron chi connectivity index (χ4n) is 2.54. The Morgan fingerprint density at radius 1 is 1.14 bits per heavy atom. The molecule has 120 valence electrons. The van der Waals surface area contributed by atoms with Crippen molar-refractivity contribution >= 4 is 11.9 Å². The first kappa shape index (κ1) is 19.4. The molecule has 0 bridgehead atoms. The van der Waals surface area contributed by atoms with E-state index >= 15 is 0 Å². The Morgan fingerprint density at radius 2 is 1.71 bits per heavy atom. The van der Waals surface area contributed by atoms with Crippen LogP contribution in [-0.2, 0) is 19.1 Å². The number of carbonyl (C=O) groups excluding carboxylic acids is 2. The van der Waals surface area contributed by atoms with Crippen LogP contribution in [0.15, 0.2) is 0 Å². The summed E-state index contributed by atoms with van der Waals surface area (Å²) in [6.45, 7) is 9.85. The van der Waals surface area contributed by atoms with E-state index < -0.39 is 23.3 Å². The van der Waals surface area contributed by atoms with Gasteiger partial charge in [0.05, 0.1) is 37.0 Å². The molecule has 5 nitrogen and oxygen atoms in total. The molecule has 5 heteroatoms. The third-order valence-electron chi connectivity index (χ3n) is 3.16. The second-order valence-electron chi connectivity index (χ2n) is 5.93. The van der Waals surface area contributed by atoms with Gasteiger partial charge in [-0.2, -0.15) is 5.26 Å². The van der Waals surface area contributed by atoms with Gasteiger partial charge in [0.1, 0.15) is 0 Å². The van der Waals surface area contributed by atoms with Crippen molar-refractivity contribution in [3.05, 3.63) is 0 Å². The highest BCUT2D eigenvalue weighted by molar-refractivity contribution is 5.80. The molecule has 0 N–H and O–H groups in total. The standard InChI is InChI=1S/C16H27NO4/c1-6-20-14(18)8-13(15(19)21-7-2)10-16(5,11-17)9-12(3)4/h12-13H,6-10H2,1-5H3. The first-order valence-electron chi connectivity index (χ1n) is 7.51. The zero-order valence-corrected chi connectivity index (χ0v) is 13.8. The van der Waals surface area contributed by atoms with Crippen LogP contribution in [0.5, 0.6) is 0 Å². The van der Waals surface area contributed by atoms with Gasteiger partial charge >= 0.3 is 11.9 Å². The number of nitriles is 1. The lowest BCUT2D eigenvalue weighted by Gasteiger charge is -2.27. The zero-order valence-electron chi connectivity index (χ0n) is 13.8. The molecular formula is C16H27NO4. The molecule has 0 aromatic carbocycles. The molecular weight excluding hydrogens is 270 g/mol. The van der Waals surface area contributed by atoms with Crippen molar-refractivity contribution in [3.8, 4) is 6.07 Å². The highest BCUT2D eigenvalue weighted by Crippen LogP contribution is 2.34. The third-order valence-corrected chi connectivity index (χ3v) is 3.16. The van der Waals surface area contributed by atoms with Crippen LogP contribution in [0, 0.1) is 28.6 Å². The smallest absolute Gasteiger partial charge is 0.309 e. The van der Waals surface area contributed by atoms with Crippen LogP contribution in [0.1, 0.15) is 53.9 Å². The van der Waals surface area contributed by atoms with Gasteiger partial charge in [-0.3, -0.25) is 9.59 Å². The molecule has 0 fully saturated rings. The summed E-state index contributed by atoms with van der Waals surface area (Å²) < 4.78 is 9.92. The van der Waals surface area contributed by atoms with E-state index in [0.29, 0.717) is 18.8 Å². The molecule has 2 unspecified atom stereocenters. The van der Waals surface area contributed by atoms with Crippen LogP contribution in [0.25, 0.3) is 0 Å². The Labute approximate surface area is 127 Å². The van der Waals surface area contributed by atoms with E-state index in [1.54, 1.807) is 13.8 Å². The molecule has 0 aromatic heterocycles. The van der Waals surface area contributed by atoms with Crippen molar-refractivity contribution < 1.29 is 19.1 Å². The second kappa shape index (κ2) is 9.38. The van der Waals surface area contributed by atoms with Crippen molar-refractivity contribution in [1.29, 1.82) is 5.26 Å². The molecule has 0 saturated carbocycles. The van der Waals surface area contributed by atoms with Crippen molar-refractivity contribution in [2.24, 2.45) is 17.3 Å². The van der Waals surface area contributed by atoms with Gasteiger partial charge in [-0.1, -0.05) is 13.8 Å². The molecule has 0 radical (unpaired) electrons. The van der Waals surface area contributed by atoms with Crippen LogP contribution < -0.4 is 0 Å². The molecule has 0 spiro atoms. The van der Waals surface area contributed by atoms with Gasteiger partial charge in [0.15, 0.2) is 0 Å². The van der Waals surface area contributed by atoms with Gasteiger partial charge in [0.2, 0.25) is 0 Å². The summed E-state index contributed by atoms with van der Waals surface area (Å²) in [5.41, 5.74) is -0.655. The molecule has 0 amide bonds. The molecule has 0 aliphatic rings. The van der Waals surface area contributed by atoms with Crippen LogP contribution in [0.2, 0.25) is 0 Å². The Balaban J connectivity index is 4.99. The average Bonchev–Trinajstić information content (AvgIpc) is 2.37. The maximum Gasteiger partial charge on any atom is 0.309 e. The minimum Gasteiger partial charge on any atom is -0.466 e. The van der Waals surface area contributed by atoms with Crippen molar-refractivity contribution in [1.82, 2.24) is 0 Å². The van der Waals surface area contributed by atoms with E-state index in [-0.39, 0.29) is 19.6 Å². The van der Waals surface area contributed by atoms with Gasteiger partial charge in [0.25, 0.3) is 0 Å². The number of esters is 2. The van der Waals surface area contributed by atoms with E-state index in [0.717, 1.165) is 0 Å². The average molecular weight is 297 g/mol. The van der Waals surface area contributed by atoms with Gasteiger partial charge in [-0.05, 0) is 39.5 Å². The SMILES string of the molecule is CCOC(=O)CC(CC(C)(C#N)CC(C)C)C(=O)OCC. The Bertz CT molecular complexity index is 386. The van der Waals surface area contributed by atoms with E-state index in [1.165, 1.54) is 0 Å². The van der Waals surface area contributed by atoms with Crippen molar-refractivity contribution in [2.75, 3.05) is 13.2 Å². The zero-order chi connectivity index (χ0) is 16.5. The normalized spacial score (nSPS) is 14.9. The number of carbonyl (C=O) groups is 2. The number of rotatable bonds is 9. The maximum absolute atomic E-state index is 12.0. The first-order valence-corrected chi connectivity index (χ1v) is 7.51. The lowest BCUT2D eigenvalue weighted by Crippen LogP contribution is -2.29. The summed E-state index contributed by atoms with van der Waals surface area (Å²) in [6, 6.07) is 2.28. The monoisotopic (exact) mass is 297 g/mol. The predicted molar refractivity (Wildman–Crippen MR) is 79.2 cm³/mol. The van der Waals surface area contributed by atoms with E-state index in [4.69, 9.17) is 9.47 Å². The lowest BCUT2D eigenvalue weighted by atomic mass is 9.75. The molecule has 0 saturated heterocycles. The van der Waals surface area contributed by atoms with Crippen molar-refractivity contribution in [3.63, 3.8) is 0 Å². The number of hydrogen-bond acceptors (Lipinski definition) is 5. The summed E-state index contributed by atoms with van der Waals surface area (Å²) in [5.74, 6) is -1.16. The molecule has 0 rings (SSSR count). The topological polar surface area (TPSA) is 76.4 Å². The molecule has 0 heterocycles. The van der Waals surface area contributed by atoms with Crippen LogP contribution in [-0.4, -0.2) is 25.2 Å². The summed E-state index contributed by atoms with van der Waals surface area (Å²) in [4.78, 5) is 23.7. The number of nitrogens with zero attached hydrogens (tertiary/aromatic N) is 1. The quantitative estimate of drug-likeness (QED) is 0.611. The first-order chi connectivity index (χ1) is 9.77. The molecule has 0 aromatic rings. The van der Waals surface area contributed by atoms with Crippen molar-refractivity contribution in [2.45, 2.75) is 53.9 Å². The van der Waals surface area contributed by atoms with E-state index in [9.17, 15) is 14.9 Å². The van der Waals surface area contributed by atoms with E-state index in [1.807, 2.05) is 20.8 Å². The van der Waals surface area contributed by atoms with Gasteiger partial charge in [-0.15, -0.1) is 0 Å². The number of hydrogen-bond donors (Lipinski definition) is 0. The van der Waals surface area contributed by atoms with Gasteiger partial charge < -0.3 is 9.47 Å². The second-order valence-corrected chi connectivity index (χ2v) is 5.93. The maximum atomic E-state index is 12.0. The molecule has 21 heavy (non-hydrogen) atoms. The largest absolute Gasteiger partial charge is 0.466 e. The van der Waals surface area contributed by atoms with Gasteiger partial charge in [0, 0.05) is 0 Å². The lowest BCUT2D eigenvalue weighted by molar-refractivity contribution is -0.155. The fourth-order valence-corrected chi connectivity index (χ4v) is 2.54. The summed E-state index contributed by atoms with van der Waals surface area (Å²) in [5, 5.41) is 9.41. The highest BCUT2D eigenvalue weighted by atomic mass is 16.5. The summed E-state index contributed by atoms with van der Waals surface area (Å²) in [7, 11) is 0. The Morgan fingerprint density at radius 3 is 2.14 bits per heavy atom. The fraction of sp³-hybridized carbons (Fsp3) is 0.812. The summed E-state index contributed by atoms with van der Waals surface area (Å²) in [6.07, 6.45) is 0.934. The number of ether oxygens (including phenoxy) is 2. The molecule has 0 aliphatic heterocycles. The Kier molecular flexibility index (Phi) is 8.68. The highest BCUT2D eigenvalue weighted by Gasteiger charge is 2.34. The molecule has 2 atom stereocenters. The van der Waals surface area contributed by atoms with E-state index in [2.05, 4.69) is 6.07 Å². The Hall–Kier alpha value is -1.57. The predicted octanol–water partition coefficient (Wildman–Crippen LogP) is 3.08. The molecule has 0 aliphatic carbocycles. The minimum absolute atomic E-state index is 0.0396. The van der Waals surface area contributed by atoms with Crippen LogP contribution in [0.3, 0.4) is 0 Å². The minimum atomic E-state index is -0.655. The third kappa shape index (κ3) is 7.69. The van der Waals surface area contributed by atoms with Gasteiger partial charge in [-0.25, -0.2) is 0 Å². The van der Waals surface area contributed by atoms with Crippen LogP contribution >= 0.6 is 0 Å². The van der Waals surface area contributed by atoms with Crippen LogP contribution in [0.4, 0.5) is 0 Å².